The van der Waals surface area contributed by atoms with Crippen LogP contribution in [0.4, 0.5) is 5.69 Å². The zero-order valence-corrected chi connectivity index (χ0v) is 9.56. The maximum absolute atomic E-state index is 5.76. The van der Waals surface area contributed by atoms with E-state index >= 15 is 0 Å². The van der Waals surface area contributed by atoms with Gasteiger partial charge in [-0.15, -0.1) is 0 Å². The molecule has 0 unspecified atom stereocenters. The van der Waals surface area contributed by atoms with Crippen LogP contribution < -0.4 is 5.73 Å². The van der Waals surface area contributed by atoms with Gasteiger partial charge >= 0.3 is 0 Å². The number of aryl methyl sites for hydroxylation is 1. The van der Waals surface area contributed by atoms with Gasteiger partial charge in [-0.2, -0.15) is 0 Å². The molecule has 0 radical (unpaired) electrons. The third-order valence-electron chi connectivity index (χ3n) is 2.58. The number of hydrogen-bond donors (Lipinski definition) is 1. The smallest absolute Gasteiger partial charge is 0.108 e. The minimum atomic E-state index is 0.814. The summed E-state index contributed by atoms with van der Waals surface area (Å²) in [6.45, 7) is 3.01. The Kier molecular flexibility index (Phi) is 3.25. The van der Waals surface area contributed by atoms with Gasteiger partial charge in [-0.25, -0.2) is 4.98 Å². The molecule has 0 spiro atoms. The van der Waals surface area contributed by atoms with Gasteiger partial charge in [0.05, 0.1) is 0 Å². The molecule has 1 aromatic carbocycles. The Morgan fingerprint density at radius 3 is 3.00 bits per heavy atom. The highest BCUT2D eigenvalue weighted by molar-refractivity contribution is 5.40. The second-order valence-corrected chi connectivity index (χ2v) is 3.97. The fourth-order valence-electron chi connectivity index (χ4n) is 1.82. The molecule has 3 nitrogen and oxygen atoms in total. The quantitative estimate of drug-likeness (QED) is 0.796. The van der Waals surface area contributed by atoms with Crippen molar-refractivity contribution in [2.24, 2.45) is 0 Å². The van der Waals surface area contributed by atoms with E-state index in [-0.39, 0.29) is 0 Å². The van der Waals surface area contributed by atoms with Crippen molar-refractivity contribution in [3.8, 4) is 0 Å². The first-order valence-electron chi connectivity index (χ1n) is 5.64. The summed E-state index contributed by atoms with van der Waals surface area (Å²) < 4.78 is 2.18. The first-order chi connectivity index (χ1) is 7.79. The van der Waals surface area contributed by atoms with Crippen molar-refractivity contribution in [3.05, 3.63) is 48.0 Å². The van der Waals surface area contributed by atoms with E-state index in [0.29, 0.717) is 0 Å². The van der Waals surface area contributed by atoms with Gasteiger partial charge in [-0.05, 0) is 24.1 Å². The summed E-state index contributed by atoms with van der Waals surface area (Å²) in [4.78, 5) is 4.36. The Labute approximate surface area is 95.9 Å². The average Bonchev–Trinajstić information content (AvgIpc) is 2.66. The summed E-state index contributed by atoms with van der Waals surface area (Å²) in [6.07, 6.45) is 6.02. The maximum atomic E-state index is 5.76. The molecule has 3 heteroatoms. The van der Waals surface area contributed by atoms with Crippen molar-refractivity contribution in [1.82, 2.24) is 9.55 Å². The van der Waals surface area contributed by atoms with E-state index in [1.165, 1.54) is 5.56 Å². The van der Waals surface area contributed by atoms with Gasteiger partial charge < -0.3 is 10.3 Å². The first-order valence-corrected chi connectivity index (χ1v) is 5.64. The van der Waals surface area contributed by atoms with E-state index < -0.39 is 0 Å². The summed E-state index contributed by atoms with van der Waals surface area (Å²) in [5, 5.41) is 0. The number of rotatable bonds is 4. The number of nitrogen functional groups attached to an aromatic ring is 1. The number of nitrogens with zero attached hydrogens (tertiary/aromatic N) is 2. The Morgan fingerprint density at radius 1 is 1.38 bits per heavy atom. The Bertz CT molecular complexity index is 460. The molecule has 0 aliphatic rings. The Balaban J connectivity index is 2.17. The van der Waals surface area contributed by atoms with Gasteiger partial charge in [-0.3, -0.25) is 0 Å². The number of imidazole rings is 1. The molecule has 0 saturated carbocycles. The van der Waals surface area contributed by atoms with Crippen LogP contribution in [0.1, 0.15) is 24.7 Å². The number of aromatic nitrogens is 2. The van der Waals surface area contributed by atoms with E-state index in [0.717, 1.165) is 30.9 Å². The second kappa shape index (κ2) is 4.84. The van der Waals surface area contributed by atoms with Crippen molar-refractivity contribution in [2.75, 3.05) is 5.73 Å². The van der Waals surface area contributed by atoms with Crippen LogP contribution in [0.3, 0.4) is 0 Å². The first kappa shape index (κ1) is 10.7. The van der Waals surface area contributed by atoms with Crippen molar-refractivity contribution in [1.29, 1.82) is 0 Å². The molecule has 2 aromatic rings. The van der Waals surface area contributed by atoms with Crippen LogP contribution in [0.2, 0.25) is 0 Å². The minimum Gasteiger partial charge on any atom is -0.399 e. The Hall–Kier alpha value is -1.77. The topological polar surface area (TPSA) is 43.8 Å². The lowest BCUT2D eigenvalue weighted by atomic mass is 10.2. The standard InChI is InChI=1S/C13H17N3/c1-2-4-13-15-7-8-16(13)10-11-5-3-6-12(14)9-11/h3,5-9H,2,4,10,14H2,1H3. The molecule has 2 N–H and O–H groups in total. The highest BCUT2D eigenvalue weighted by Crippen LogP contribution is 2.10. The molecule has 0 aliphatic carbocycles. The zero-order valence-electron chi connectivity index (χ0n) is 9.56. The van der Waals surface area contributed by atoms with Gasteiger partial charge in [0.15, 0.2) is 0 Å². The van der Waals surface area contributed by atoms with Crippen molar-refractivity contribution in [3.63, 3.8) is 0 Å². The van der Waals surface area contributed by atoms with E-state index in [4.69, 9.17) is 5.73 Å². The summed E-state index contributed by atoms with van der Waals surface area (Å²) in [5.41, 5.74) is 7.79. The molecular formula is C13H17N3. The van der Waals surface area contributed by atoms with Crippen LogP contribution in [-0.2, 0) is 13.0 Å². The van der Waals surface area contributed by atoms with Crippen LogP contribution in [0.5, 0.6) is 0 Å². The van der Waals surface area contributed by atoms with Gasteiger partial charge in [0.1, 0.15) is 5.82 Å². The lowest BCUT2D eigenvalue weighted by Crippen LogP contribution is -2.04. The number of anilines is 1. The molecule has 0 aliphatic heterocycles. The lowest BCUT2D eigenvalue weighted by Gasteiger charge is -2.07. The number of hydrogen-bond acceptors (Lipinski definition) is 2. The predicted octanol–water partition coefficient (Wildman–Crippen LogP) is 2.47. The number of benzene rings is 1. The highest BCUT2D eigenvalue weighted by Gasteiger charge is 2.02. The maximum Gasteiger partial charge on any atom is 0.108 e. The van der Waals surface area contributed by atoms with Gasteiger partial charge in [-0.1, -0.05) is 19.1 Å². The summed E-state index contributed by atoms with van der Waals surface area (Å²) in [6, 6.07) is 7.99. The molecule has 16 heavy (non-hydrogen) atoms. The molecule has 2 rings (SSSR count). The van der Waals surface area contributed by atoms with Gasteiger partial charge in [0.2, 0.25) is 0 Å². The van der Waals surface area contributed by atoms with E-state index in [9.17, 15) is 0 Å². The molecule has 1 aromatic heterocycles. The third kappa shape index (κ3) is 2.42. The normalized spacial score (nSPS) is 10.6. The van der Waals surface area contributed by atoms with Crippen molar-refractivity contribution < 1.29 is 0 Å². The number of nitrogens with two attached hydrogens (primary N) is 1. The molecule has 1 heterocycles. The zero-order chi connectivity index (χ0) is 11.4. The highest BCUT2D eigenvalue weighted by atomic mass is 15.1. The van der Waals surface area contributed by atoms with Crippen LogP contribution in [-0.4, -0.2) is 9.55 Å². The van der Waals surface area contributed by atoms with E-state index in [1.807, 2.05) is 30.6 Å². The largest absolute Gasteiger partial charge is 0.399 e. The van der Waals surface area contributed by atoms with Gasteiger partial charge in [0.25, 0.3) is 0 Å². The predicted molar refractivity (Wildman–Crippen MR) is 66.2 cm³/mol. The second-order valence-electron chi connectivity index (χ2n) is 3.97. The summed E-state index contributed by atoms with van der Waals surface area (Å²) >= 11 is 0. The minimum absolute atomic E-state index is 0.814. The van der Waals surface area contributed by atoms with Crippen molar-refractivity contribution in [2.45, 2.75) is 26.3 Å². The molecule has 84 valence electrons. The van der Waals surface area contributed by atoms with Crippen LogP contribution >= 0.6 is 0 Å². The van der Waals surface area contributed by atoms with Crippen LogP contribution in [0.15, 0.2) is 36.7 Å². The fraction of sp³-hybridized carbons (Fsp3) is 0.308. The average molecular weight is 215 g/mol. The van der Waals surface area contributed by atoms with E-state index in [1.54, 1.807) is 0 Å². The van der Waals surface area contributed by atoms with E-state index in [2.05, 4.69) is 22.5 Å². The lowest BCUT2D eigenvalue weighted by molar-refractivity contribution is 0.705. The fourth-order valence-corrected chi connectivity index (χ4v) is 1.82. The van der Waals surface area contributed by atoms with Crippen LogP contribution in [0, 0.1) is 0 Å². The third-order valence-corrected chi connectivity index (χ3v) is 2.58. The molecule has 0 amide bonds. The van der Waals surface area contributed by atoms with Gasteiger partial charge in [0, 0.05) is 31.0 Å². The van der Waals surface area contributed by atoms with Crippen LogP contribution in [0.25, 0.3) is 0 Å². The molecule has 0 atom stereocenters. The Morgan fingerprint density at radius 2 is 2.25 bits per heavy atom. The molecule has 0 fully saturated rings. The molecular weight excluding hydrogens is 198 g/mol. The molecule has 0 saturated heterocycles. The van der Waals surface area contributed by atoms with Crippen molar-refractivity contribution >= 4 is 5.69 Å². The SMILES string of the molecule is CCCc1nccn1Cc1cccc(N)c1. The monoisotopic (exact) mass is 215 g/mol. The summed E-state index contributed by atoms with van der Waals surface area (Å²) in [5.74, 6) is 1.14. The summed E-state index contributed by atoms with van der Waals surface area (Å²) in [7, 11) is 0. The molecule has 0 bridgehead atoms.